The SMILES string of the molecule is Cc1ccc2cccc(OCc3c(Cl)ccc(N(C)C(=O)CNC(=O)/C=C/c4ccc(C(=O)N5CCN(C)CC5)cc4)c3Cl)c2n1. The maximum absolute atomic E-state index is 13.0. The fraction of sp³-hybridized carbons (Fsp3) is 0.257. The van der Waals surface area contributed by atoms with Crippen LogP contribution in [0.4, 0.5) is 5.69 Å². The second-order valence-corrected chi connectivity index (χ2v) is 11.9. The summed E-state index contributed by atoms with van der Waals surface area (Å²) in [5.41, 5.74) is 3.91. The standard InChI is InChI=1S/C35H35Cl2N5O4/c1-23-7-11-25-5-4-6-30(34(25)39-23)46-22-27-28(36)14-15-29(33(27)37)41(3)32(44)21-38-31(43)16-10-24-8-12-26(13-9-24)35(45)42-19-17-40(2)18-20-42/h4-16H,17-22H2,1-3H3,(H,38,43)/b16-10+. The molecule has 5 rings (SSSR count). The molecule has 0 bridgehead atoms. The molecule has 46 heavy (non-hydrogen) atoms. The third-order valence-corrected chi connectivity index (χ3v) is 8.66. The van der Waals surface area contributed by atoms with Gasteiger partial charge >= 0.3 is 0 Å². The van der Waals surface area contributed by atoms with Crippen LogP contribution in [0.15, 0.2) is 72.8 Å². The van der Waals surface area contributed by atoms with Crippen molar-refractivity contribution in [3.63, 3.8) is 0 Å². The van der Waals surface area contributed by atoms with Crippen molar-refractivity contribution in [1.29, 1.82) is 0 Å². The van der Waals surface area contributed by atoms with Gasteiger partial charge in [0.2, 0.25) is 11.8 Å². The molecule has 0 atom stereocenters. The number of hydrogen-bond donors (Lipinski definition) is 1. The van der Waals surface area contributed by atoms with Gasteiger partial charge in [-0.15, -0.1) is 0 Å². The van der Waals surface area contributed by atoms with E-state index in [1.807, 2.05) is 49.2 Å². The zero-order chi connectivity index (χ0) is 32.8. The van der Waals surface area contributed by atoms with Crippen LogP contribution in [0, 0.1) is 6.92 Å². The number of anilines is 1. The van der Waals surface area contributed by atoms with Crippen molar-refractivity contribution in [3.05, 3.63) is 105 Å². The van der Waals surface area contributed by atoms with Gasteiger partial charge in [0.25, 0.3) is 5.91 Å². The smallest absolute Gasteiger partial charge is 0.253 e. The van der Waals surface area contributed by atoms with Gasteiger partial charge in [-0.3, -0.25) is 14.4 Å². The second-order valence-electron chi connectivity index (χ2n) is 11.1. The van der Waals surface area contributed by atoms with Crippen molar-refractivity contribution in [2.24, 2.45) is 0 Å². The lowest BCUT2D eigenvalue weighted by Gasteiger charge is -2.32. The number of fused-ring (bicyclic) bond motifs is 1. The molecule has 9 nitrogen and oxygen atoms in total. The van der Waals surface area contributed by atoms with E-state index < -0.39 is 5.91 Å². The summed E-state index contributed by atoms with van der Waals surface area (Å²) < 4.78 is 6.09. The minimum atomic E-state index is -0.436. The normalized spacial score (nSPS) is 13.6. The average Bonchev–Trinajstić information content (AvgIpc) is 3.06. The Morgan fingerprint density at radius 3 is 2.46 bits per heavy atom. The number of carbonyl (C=O) groups is 3. The molecular weight excluding hydrogens is 625 g/mol. The number of ether oxygens (including phenoxy) is 1. The second kappa shape index (κ2) is 14.8. The number of aryl methyl sites for hydroxylation is 1. The van der Waals surface area contributed by atoms with Gasteiger partial charge in [0.15, 0.2) is 0 Å². The van der Waals surface area contributed by atoms with Gasteiger partial charge in [-0.05, 0) is 62.0 Å². The number of halogens is 2. The number of carbonyl (C=O) groups excluding carboxylic acids is 3. The Labute approximate surface area is 278 Å². The van der Waals surface area contributed by atoms with Gasteiger partial charge in [-0.1, -0.05) is 53.5 Å². The van der Waals surface area contributed by atoms with Crippen LogP contribution in [-0.4, -0.2) is 79.3 Å². The van der Waals surface area contributed by atoms with Gasteiger partial charge < -0.3 is 24.8 Å². The number of para-hydroxylation sites is 1. The molecule has 1 aliphatic rings. The van der Waals surface area contributed by atoms with Crippen molar-refractivity contribution in [2.45, 2.75) is 13.5 Å². The van der Waals surface area contributed by atoms with E-state index in [-0.39, 0.29) is 30.0 Å². The van der Waals surface area contributed by atoms with Crippen molar-refractivity contribution in [2.75, 3.05) is 51.7 Å². The zero-order valence-electron chi connectivity index (χ0n) is 25.9. The Morgan fingerprint density at radius 1 is 0.978 bits per heavy atom. The van der Waals surface area contributed by atoms with E-state index >= 15 is 0 Å². The molecule has 2 heterocycles. The van der Waals surface area contributed by atoms with Crippen LogP contribution in [0.25, 0.3) is 17.0 Å². The van der Waals surface area contributed by atoms with Gasteiger partial charge in [-0.2, -0.15) is 0 Å². The monoisotopic (exact) mass is 659 g/mol. The Hall–Kier alpha value is -4.44. The van der Waals surface area contributed by atoms with Crippen molar-refractivity contribution >= 4 is 63.6 Å². The van der Waals surface area contributed by atoms with E-state index in [9.17, 15) is 14.4 Å². The summed E-state index contributed by atoms with van der Waals surface area (Å²) in [6.07, 6.45) is 2.97. The number of rotatable bonds is 9. The number of nitrogens with one attached hydrogen (secondary N) is 1. The maximum atomic E-state index is 13.0. The van der Waals surface area contributed by atoms with E-state index in [0.29, 0.717) is 40.7 Å². The average molecular weight is 661 g/mol. The summed E-state index contributed by atoms with van der Waals surface area (Å²) in [6.45, 7) is 4.85. The molecule has 1 aromatic heterocycles. The topological polar surface area (TPSA) is 95.1 Å². The first-order valence-corrected chi connectivity index (χ1v) is 15.6. The third-order valence-electron chi connectivity index (χ3n) is 7.88. The largest absolute Gasteiger partial charge is 0.487 e. The number of benzene rings is 3. The maximum Gasteiger partial charge on any atom is 0.253 e. The number of nitrogens with zero attached hydrogens (tertiary/aromatic N) is 4. The van der Waals surface area contributed by atoms with Crippen LogP contribution in [0.2, 0.25) is 10.0 Å². The molecule has 0 aliphatic carbocycles. The number of pyridine rings is 1. The Balaban J connectivity index is 1.16. The molecule has 3 aromatic carbocycles. The van der Waals surface area contributed by atoms with Crippen LogP contribution in [0.1, 0.15) is 27.2 Å². The van der Waals surface area contributed by atoms with Crippen molar-refractivity contribution in [1.82, 2.24) is 20.1 Å². The van der Waals surface area contributed by atoms with Gasteiger partial charge in [0, 0.05) is 66.5 Å². The van der Waals surface area contributed by atoms with Crippen LogP contribution < -0.4 is 15.0 Å². The fourth-order valence-electron chi connectivity index (χ4n) is 5.04. The van der Waals surface area contributed by atoms with Crippen molar-refractivity contribution < 1.29 is 19.1 Å². The highest BCUT2D eigenvalue weighted by atomic mass is 35.5. The van der Waals surface area contributed by atoms with Crippen LogP contribution in [0.3, 0.4) is 0 Å². The molecule has 1 N–H and O–H groups in total. The summed E-state index contributed by atoms with van der Waals surface area (Å²) in [4.78, 5) is 48.2. The highest BCUT2D eigenvalue weighted by molar-refractivity contribution is 6.38. The predicted molar refractivity (Wildman–Crippen MR) is 183 cm³/mol. The Morgan fingerprint density at radius 2 is 1.72 bits per heavy atom. The van der Waals surface area contributed by atoms with Gasteiger partial charge in [0.05, 0.1) is 17.3 Å². The first kappa shape index (κ1) is 32.9. The van der Waals surface area contributed by atoms with Gasteiger partial charge in [-0.25, -0.2) is 4.98 Å². The number of amides is 3. The van der Waals surface area contributed by atoms with E-state index in [1.54, 1.807) is 49.5 Å². The lowest BCUT2D eigenvalue weighted by Crippen LogP contribution is -2.47. The molecule has 238 valence electrons. The number of likely N-dealkylation sites (N-methyl/N-ethyl adjacent to an activating group) is 2. The minimum absolute atomic E-state index is 0.00151. The first-order valence-electron chi connectivity index (χ1n) is 14.9. The van der Waals surface area contributed by atoms with E-state index in [0.717, 1.165) is 35.2 Å². The summed E-state index contributed by atoms with van der Waals surface area (Å²) in [5.74, 6) is -0.219. The Kier molecular flexibility index (Phi) is 10.6. The molecular formula is C35H35Cl2N5O4. The Bertz CT molecular complexity index is 1790. The fourth-order valence-corrected chi connectivity index (χ4v) is 5.64. The number of piperazine rings is 1. The lowest BCUT2D eigenvalue weighted by molar-refractivity contribution is -0.122. The molecule has 4 aromatic rings. The van der Waals surface area contributed by atoms with Crippen LogP contribution in [0.5, 0.6) is 5.75 Å². The highest BCUT2D eigenvalue weighted by Gasteiger charge is 2.21. The first-order chi connectivity index (χ1) is 22.1. The summed E-state index contributed by atoms with van der Waals surface area (Å²) in [7, 11) is 3.62. The highest BCUT2D eigenvalue weighted by Crippen LogP contribution is 2.35. The van der Waals surface area contributed by atoms with Crippen LogP contribution >= 0.6 is 23.2 Å². The molecule has 1 aliphatic heterocycles. The molecule has 0 saturated carbocycles. The van der Waals surface area contributed by atoms with Crippen molar-refractivity contribution in [3.8, 4) is 5.75 Å². The van der Waals surface area contributed by atoms with E-state index in [1.165, 1.54) is 11.0 Å². The molecule has 1 saturated heterocycles. The number of aromatic nitrogens is 1. The summed E-state index contributed by atoms with van der Waals surface area (Å²) >= 11 is 13.2. The molecule has 3 amide bonds. The molecule has 0 spiro atoms. The lowest BCUT2D eigenvalue weighted by atomic mass is 10.1. The molecule has 1 fully saturated rings. The molecule has 0 unspecified atom stereocenters. The van der Waals surface area contributed by atoms with E-state index in [4.69, 9.17) is 27.9 Å². The quantitative estimate of drug-likeness (QED) is 0.235. The minimum Gasteiger partial charge on any atom is -0.487 e. The molecule has 0 radical (unpaired) electrons. The van der Waals surface area contributed by atoms with Gasteiger partial charge in [0.1, 0.15) is 17.9 Å². The third kappa shape index (κ3) is 7.85. The van der Waals surface area contributed by atoms with Crippen LogP contribution in [-0.2, 0) is 16.2 Å². The molecule has 11 heteroatoms. The van der Waals surface area contributed by atoms with E-state index in [2.05, 4.69) is 15.2 Å². The zero-order valence-corrected chi connectivity index (χ0v) is 27.4. The number of hydrogen-bond acceptors (Lipinski definition) is 6. The summed E-state index contributed by atoms with van der Waals surface area (Å²) in [6, 6.07) is 20.0. The predicted octanol–water partition coefficient (Wildman–Crippen LogP) is 5.61. The summed E-state index contributed by atoms with van der Waals surface area (Å²) in [5, 5.41) is 4.23.